The van der Waals surface area contributed by atoms with Crippen molar-refractivity contribution in [2.75, 3.05) is 0 Å². The van der Waals surface area contributed by atoms with E-state index in [1.807, 2.05) is 0 Å². The summed E-state index contributed by atoms with van der Waals surface area (Å²) in [5.41, 5.74) is 5.69. The van der Waals surface area contributed by atoms with E-state index in [4.69, 9.17) is 10.3 Å². The van der Waals surface area contributed by atoms with Crippen molar-refractivity contribution in [2.24, 2.45) is 0 Å². The lowest BCUT2D eigenvalue weighted by atomic mass is 10.1. The zero-order chi connectivity index (χ0) is 15.1. The number of rotatable bonds is 6. The van der Waals surface area contributed by atoms with Crippen LogP contribution in [-0.4, -0.2) is 40.5 Å². The number of carboxylic acids is 1. The molecular weight excluding hydrogens is 254 g/mol. The first-order valence-electron chi connectivity index (χ1n) is 5.58. The molecule has 0 bridgehead atoms. The third-order valence-corrected chi connectivity index (χ3v) is 1.86. The van der Waals surface area contributed by atoms with Crippen molar-refractivity contribution in [1.82, 2.24) is 5.32 Å². The maximum Gasteiger partial charge on any atom is 0.408 e. The molecule has 106 valence electrons. The molecule has 8 heteroatoms. The molecule has 0 aromatic rings. The maximum absolute atomic E-state index is 11.4. The van der Waals surface area contributed by atoms with Gasteiger partial charge in [0.05, 0.1) is 22.3 Å². The minimum absolute atomic E-state index is 0.160. The number of nitrogens with one attached hydrogen (secondary N) is 2. The zero-order valence-corrected chi connectivity index (χ0v) is 11.1. The number of carboxylic acid groups (broad SMARTS) is 1. The highest BCUT2D eigenvalue weighted by molar-refractivity contribution is 6.25. The van der Waals surface area contributed by atoms with Gasteiger partial charge in [-0.1, -0.05) is 0 Å². The first-order valence-corrected chi connectivity index (χ1v) is 5.58. The molecule has 19 heavy (non-hydrogen) atoms. The molecule has 0 aliphatic rings. The third-order valence-electron chi connectivity index (χ3n) is 1.86. The van der Waals surface area contributed by atoms with Crippen LogP contribution in [0.4, 0.5) is 4.79 Å². The molecule has 0 saturated heterocycles. The molecule has 0 heterocycles. The summed E-state index contributed by atoms with van der Waals surface area (Å²) in [4.78, 5) is 36.0. The number of ketones is 1. The van der Waals surface area contributed by atoms with Gasteiger partial charge in [-0.15, -0.1) is 0 Å². The first kappa shape index (κ1) is 16.8. The second kappa shape index (κ2) is 7.27. The number of ether oxygens (including phenoxy) is 1. The minimum atomic E-state index is -1.51. The summed E-state index contributed by atoms with van der Waals surface area (Å²) in [5, 5.41) is 12.9. The summed E-state index contributed by atoms with van der Waals surface area (Å²) in [5.74, 6) is -2.02. The van der Waals surface area contributed by atoms with Crippen molar-refractivity contribution < 1.29 is 29.0 Å². The average Bonchev–Trinajstić information content (AvgIpc) is 2.21. The van der Waals surface area contributed by atoms with E-state index in [0.717, 1.165) is 6.21 Å². The second-order valence-electron chi connectivity index (χ2n) is 4.78. The van der Waals surface area contributed by atoms with E-state index in [9.17, 15) is 19.5 Å². The van der Waals surface area contributed by atoms with Gasteiger partial charge in [-0.3, -0.25) is 4.79 Å². The van der Waals surface area contributed by atoms with Crippen molar-refractivity contribution in [3.63, 3.8) is 0 Å². The van der Waals surface area contributed by atoms with Crippen molar-refractivity contribution in [3.05, 3.63) is 0 Å². The van der Waals surface area contributed by atoms with Crippen LogP contribution in [0.15, 0.2) is 0 Å². The number of hydrogen-bond donors (Lipinski definition) is 2. The molecule has 1 amide bonds. The number of amides is 1. The predicted octanol–water partition coefficient (Wildman–Crippen LogP) is -0.711. The Bertz CT molecular complexity index is 407. The third kappa shape index (κ3) is 8.50. The molecule has 0 aliphatic heterocycles. The fourth-order valence-electron chi connectivity index (χ4n) is 1.12. The van der Waals surface area contributed by atoms with E-state index >= 15 is 0 Å². The highest BCUT2D eigenvalue weighted by atomic mass is 16.6. The van der Waals surface area contributed by atoms with Gasteiger partial charge in [0.2, 0.25) is 5.78 Å². The van der Waals surface area contributed by atoms with E-state index in [1.54, 1.807) is 20.8 Å². The van der Waals surface area contributed by atoms with Gasteiger partial charge in [-0.05, 0) is 27.2 Å². The lowest BCUT2D eigenvalue weighted by Gasteiger charge is -2.23. The van der Waals surface area contributed by atoms with Gasteiger partial charge < -0.3 is 20.0 Å². The van der Waals surface area contributed by atoms with Crippen LogP contribution in [-0.2, 0) is 14.3 Å². The van der Waals surface area contributed by atoms with Crippen LogP contribution in [0.3, 0.4) is 0 Å². The second-order valence-corrected chi connectivity index (χ2v) is 4.78. The number of nitrogens with zero attached hydrogens (tertiary/aromatic N) is 1. The van der Waals surface area contributed by atoms with Gasteiger partial charge in [-0.2, -0.15) is 0 Å². The van der Waals surface area contributed by atoms with E-state index in [0.29, 0.717) is 0 Å². The molecule has 0 saturated carbocycles. The van der Waals surface area contributed by atoms with Crippen molar-refractivity contribution in [3.8, 4) is 0 Å². The maximum atomic E-state index is 11.4. The summed E-state index contributed by atoms with van der Waals surface area (Å²) in [6.45, 7) is 4.90. The van der Waals surface area contributed by atoms with Crippen LogP contribution < -0.4 is 10.4 Å². The van der Waals surface area contributed by atoms with Crippen molar-refractivity contribution in [2.45, 2.75) is 45.3 Å². The Labute approximate surface area is 110 Å². The number of carbonyl (C=O) groups excluding carboxylic acids is 3. The van der Waals surface area contributed by atoms with E-state index in [1.165, 1.54) is 0 Å². The highest BCUT2D eigenvalue weighted by Crippen LogP contribution is 2.07. The molecule has 0 aromatic heterocycles. The smallest absolute Gasteiger partial charge is 0.408 e. The molecule has 0 rings (SSSR count). The normalized spacial score (nSPS) is 11.9. The summed E-state index contributed by atoms with van der Waals surface area (Å²) in [6, 6.07) is -1.34. The number of Topliss-reactive ketones (excluding diaryl/α,β-unsaturated/α-hetero) is 1. The van der Waals surface area contributed by atoms with Crippen LogP contribution >= 0.6 is 0 Å². The van der Waals surface area contributed by atoms with Crippen LogP contribution in [0.25, 0.3) is 0 Å². The molecule has 2 N–H and O–H groups in total. The summed E-state index contributed by atoms with van der Waals surface area (Å²) in [7, 11) is 0. The Balaban J connectivity index is 4.42. The van der Waals surface area contributed by atoms with Crippen molar-refractivity contribution in [1.29, 1.82) is 5.53 Å². The SMILES string of the molecule is CC(C)(C)OC(=O)NC(CCC(=O)C=[N+]=N)C(=O)[O-]. The lowest BCUT2D eigenvalue weighted by molar-refractivity contribution is -0.308. The Hall–Kier alpha value is -2.21. The molecule has 1 atom stereocenters. The standard InChI is InChI=1S/C11H17N3O5/c1-11(2,3)19-10(18)14-8(9(16)17)5-4-7(15)6-13-12/h6,8,12H,4-5H2,1-3H3,(H-,14,16,17,18). The summed E-state index contributed by atoms with van der Waals surface area (Å²) in [6.07, 6.45) is -0.466. The molecule has 0 spiro atoms. The molecule has 0 aliphatic carbocycles. The number of hydrogen-bond acceptors (Lipinski definition) is 6. The first-order chi connectivity index (χ1) is 8.65. The molecule has 0 fully saturated rings. The molecule has 1 unspecified atom stereocenters. The number of carbonyl (C=O) groups is 3. The molecule has 8 nitrogen and oxygen atoms in total. The topological polar surface area (TPSA) is 133 Å². The Morgan fingerprint density at radius 1 is 1.42 bits per heavy atom. The Kier molecular flexibility index (Phi) is 6.43. The predicted molar refractivity (Wildman–Crippen MR) is 61.4 cm³/mol. The van der Waals surface area contributed by atoms with Gasteiger partial charge >= 0.3 is 12.3 Å². The van der Waals surface area contributed by atoms with Crippen molar-refractivity contribution >= 4 is 24.1 Å². The largest absolute Gasteiger partial charge is 0.548 e. The Morgan fingerprint density at radius 3 is 2.42 bits per heavy atom. The molecule has 0 aromatic carbocycles. The summed E-state index contributed by atoms with van der Waals surface area (Å²) < 4.78 is 4.89. The zero-order valence-electron chi connectivity index (χ0n) is 11.1. The fraction of sp³-hybridized carbons (Fsp3) is 0.636. The van der Waals surface area contributed by atoms with Gasteiger partial charge in [0.1, 0.15) is 5.60 Å². The minimum Gasteiger partial charge on any atom is -0.548 e. The quantitative estimate of drug-likeness (QED) is 0.374. The lowest BCUT2D eigenvalue weighted by Crippen LogP contribution is -2.49. The monoisotopic (exact) mass is 271 g/mol. The Morgan fingerprint density at radius 2 is 2.00 bits per heavy atom. The highest BCUT2D eigenvalue weighted by Gasteiger charge is 2.21. The van der Waals surface area contributed by atoms with E-state index in [2.05, 4.69) is 10.1 Å². The number of aliphatic carboxylic acids is 1. The number of alkyl carbamates (subject to hydrolysis) is 1. The van der Waals surface area contributed by atoms with Gasteiger partial charge in [0, 0.05) is 6.42 Å². The fourth-order valence-corrected chi connectivity index (χ4v) is 1.12. The van der Waals surface area contributed by atoms with E-state index < -0.39 is 29.5 Å². The van der Waals surface area contributed by atoms with Crippen LogP contribution in [0, 0.1) is 5.53 Å². The van der Waals surface area contributed by atoms with Gasteiger partial charge in [0.25, 0.3) is 0 Å². The van der Waals surface area contributed by atoms with Crippen LogP contribution in [0.1, 0.15) is 33.6 Å². The average molecular weight is 271 g/mol. The van der Waals surface area contributed by atoms with Crippen LogP contribution in [0.5, 0.6) is 0 Å². The van der Waals surface area contributed by atoms with E-state index in [-0.39, 0.29) is 12.8 Å². The van der Waals surface area contributed by atoms with Gasteiger partial charge in [-0.25, -0.2) is 4.79 Å². The molecular formula is C11H17N3O5. The summed E-state index contributed by atoms with van der Waals surface area (Å²) >= 11 is 0. The molecule has 0 radical (unpaired) electrons. The van der Waals surface area contributed by atoms with Gasteiger partial charge in [0.15, 0.2) is 0 Å². The van der Waals surface area contributed by atoms with Crippen LogP contribution in [0.2, 0.25) is 0 Å².